The fraction of sp³-hybridized carbons (Fsp3) is 0.524. The highest BCUT2D eigenvalue weighted by atomic mass is 16.3. The van der Waals surface area contributed by atoms with Gasteiger partial charge in [0.05, 0.1) is 17.4 Å². The molecule has 0 bridgehead atoms. The summed E-state index contributed by atoms with van der Waals surface area (Å²) in [5.74, 6) is 1.08. The van der Waals surface area contributed by atoms with Gasteiger partial charge in [-0.25, -0.2) is 0 Å². The second-order valence-electron chi connectivity index (χ2n) is 8.15. The predicted octanol–water partition coefficient (Wildman–Crippen LogP) is 1.91. The number of nitrogens with zero attached hydrogens (tertiary/aromatic N) is 4. The third-order valence-electron chi connectivity index (χ3n) is 6.48. The Morgan fingerprint density at radius 3 is 2.75 bits per heavy atom. The highest BCUT2D eigenvalue weighted by Crippen LogP contribution is 2.38. The van der Waals surface area contributed by atoms with Gasteiger partial charge in [-0.05, 0) is 51.1 Å². The summed E-state index contributed by atoms with van der Waals surface area (Å²) in [6.07, 6.45) is 2.49. The van der Waals surface area contributed by atoms with Crippen LogP contribution in [-0.4, -0.2) is 71.1 Å². The van der Waals surface area contributed by atoms with Crippen LogP contribution in [0.1, 0.15) is 19.8 Å². The van der Waals surface area contributed by atoms with Gasteiger partial charge in [-0.2, -0.15) is 0 Å². The average Bonchev–Trinajstić information content (AvgIpc) is 2.74. The molecule has 7 nitrogen and oxygen atoms in total. The summed E-state index contributed by atoms with van der Waals surface area (Å²) in [4.78, 5) is 5.18. The van der Waals surface area contributed by atoms with Crippen LogP contribution in [0.2, 0.25) is 0 Å². The molecule has 0 radical (unpaired) electrons. The van der Waals surface area contributed by atoms with Crippen molar-refractivity contribution >= 4 is 11.5 Å². The van der Waals surface area contributed by atoms with Crippen LogP contribution >= 0.6 is 0 Å². The number of rotatable bonds is 2. The minimum atomic E-state index is 0.237. The van der Waals surface area contributed by atoms with Crippen molar-refractivity contribution in [1.29, 1.82) is 0 Å². The third kappa shape index (κ3) is 3.08. The van der Waals surface area contributed by atoms with Crippen molar-refractivity contribution in [1.82, 2.24) is 20.4 Å². The monoisotopic (exact) mass is 380 g/mol. The maximum absolute atomic E-state index is 10.2. The fourth-order valence-corrected chi connectivity index (χ4v) is 4.90. The van der Waals surface area contributed by atoms with Crippen LogP contribution in [0.4, 0.5) is 11.5 Å². The first-order chi connectivity index (χ1) is 13.7. The summed E-state index contributed by atoms with van der Waals surface area (Å²) in [7, 11) is 0. The number of nitrogens with one attached hydrogen (secondary N) is 2. The summed E-state index contributed by atoms with van der Waals surface area (Å²) in [6.45, 7) is 7.66. The molecule has 28 heavy (non-hydrogen) atoms. The third-order valence-corrected chi connectivity index (χ3v) is 6.48. The molecule has 2 atom stereocenters. The summed E-state index contributed by atoms with van der Waals surface area (Å²) >= 11 is 0. The molecule has 7 heteroatoms. The van der Waals surface area contributed by atoms with E-state index < -0.39 is 0 Å². The predicted molar refractivity (Wildman–Crippen MR) is 111 cm³/mol. The molecule has 0 saturated carbocycles. The van der Waals surface area contributed by atoms with E-state index in [4.69, 9.17) is 0 Å². The van der Waals surface area contributed by atoms with Crippen molar-refractivity contribution in [3.8, 4) is 17.0 Å². The second-order valence-corrected chi connectivity index (χ2v) is 8.15. The van der Waals surface area contributed by atoms with Crippen molar-refractivity contribution in [2.75, 3.05) is 42.9 Å². The number of piperazine rings is 1. The number of phenolic OH excluding ortho intramolecular Hbond substituents is 1. The molecule has 2 aromatic rings. The van der Waals surface area contributed by atoms with Gasteiger partial charge in [-0.1, -0.05) is 12.1 Å². The standard InChI is InChI=1S/C21H28N6O/c1-14-19-13-26(15-6-8-22-9-7-15)10-11-27(19)18-12-17(24-25-21(18)23-14)16-4-2-3-5-20(16)28/h2-5,12,14-15,19,22,28H,6-11,13H2,1H3,(H,23,25)/t14-,19+/m0/s1. The Balaban J connectivity index is 1.43. The van der Waals surface area contributed by atoms with E-state index in [2.05, 4.69) is 43.6 Å². The van der Waals surface area contributed by atoms with Crippen molar-refractivity contribution in [3.05, 3.63) is 30.3 Å². The van der Waals surface area contributed by atoms with Gasteiger partial charge in [-0.3, -0.25) is 4.90 Å². The number of piperidine rings is 1. The van der Waals surface area contributed by atoms with Crippen LogP contribution in [0, 0.1) is 0 Å². The first-order valence-electron chi connectivity index (χ1n) is 10.3. The molecule has 2 saturated heterocycles. The van der Waals surface area contributed by atoms with Gasteiger partial charge in [0.25, 0.3) is 0 Å². The van der Waals surface area contributed by atoms with Crippen LogP contribution in [0.25, 0.3) is 11.3 Å². The maximum Gasteiger partial charge on any atom is 0.172 e. The minimum absolute atomic E-state index is 0.237. The number of fused-ring (bicyclic) bond motifs is 3. The van der Waals surface area contributed by atoms with Gasteiger partial charge in [-0.15, -0.1) is 10.2 Å². The first-order valence-corrected chi connectivity index (χ1v) is 10.3. The van der Waals surface area contributed by atoms with E-state index in [1.807, 2.05) is 18.2 Å². The molecule has 0 amide bonds. The van der Waals surface area contributed by atoms with Crippen molar-refractivity contribution < 1.29 is 5.11 Å². The normalized spacial score (nSPS) is 25.7. The average molecular weight is 380 g/mol. The lowest BCUT2D eigenvalue weighted by molar-refractivity contribution is 0.128. The molecule has 3 N–H and O–H groups in total. The molecular weight excluding hydrogens is 352 g/mol. The van der Waals surface area contributed by atoms with Gasteiger partial charge in [0.2, 0.25) is 0 Å². The van der Waals surface area contributed by atoms with E-state index in [9.17, 15) is 5.11 Å². The molecular formula is C21H28N6O. The molecule has 0 unspecified atom stereocenters. The Morgan fingerprint density at radius 2 is 1.93 bits per heavy atom. The number of aromatic nitrogens is 2. The molecule has 5 rings (SSSR count). The smallest absolute Gasteiger partial charge is 0.172 e. The number of phenols is 1. The van der Waals surface area contributed by atoms with Gasteiger partial charge in [0.1, 0.15) is 5.75 Å². The van der Waals surface area contributed by atoms with Gasteiger partial charge >= 0.3 is 0 Å². The molecule has 148 valence electrons. The van der Waals surface area contributed by atoms with Crippen molar-refractivity contribution in [3.63, 3.8) is 0 Å². The molecule has 0 spiro atoms. The molecule has 3 aliphatic rings. The van der Waals surface area contributed by atoms with Crippen LogP contribution in [0.3, 0.4) is 0 Å². The lowest BCUT2D eigenvalue weighted by Crippen LogP contribution is -2.63. The topological polar surface area (TPSA) is 76.6 Å². The SMILES string of the molecule is C[C@@H]1Nc2nnc(-c3ccccc3O)cc2N2CCN(C3CCNCC3)C[C@H]12. The quantitative estimate of drug-likeness (QED) is 0.735. The molecule has 0 aliphatic carbocycles. The van der Waals surface area contributed by atoms with E-state index in [1.165, 1.54) is 12.8 Å². The minimum Gasteiger partial charge on any atom is -0.507 e. The number of anilines is 2. The van der Waals surface area contributed by atoms with E-state index >= 15 is 0 Å². The maximum atomic E-state index is 10.2. The van der Waals surface area contributed by atoms with Crippen molar-refractivity contribution in [2.45, 2.75) is 37.9 Å². The van der Waals surface area contributed by atoms with E-state index in [-0.39, 0.29) is 5.75 Å². The largest absolute Gasteiger partial charge is 0.507 e. The lowest BCUT2D eigenvalue weighted by atomic mass is 9.96. The Labute approximate surface area is 165 Å². The Kier molecular flexibility index (Phi) is 4.56. The Morgan fingerprint density at radius 1 is 1.11 bits per heavy atom. The van der Waals surface area contributed by atoms with Crippen LogP contribution in [0.15, 0.2) is 30.3 Å². The van der Waals surface area contributed by atoms with Gasteiger partial charge < -0.3 is 20.6 Å². The Bertz CT molecular complexity index is 853. The van der Waals surface area contributed by atoms with Gasteiger partial charge in [0.15, 0.2) is 5.82 Å². The second kappa shape index (κ2) is 7.22. The fourth-order valence-electron chi connectivity index (χ4n) is 4.90. The first kappa shape index (κ1) is 17.7. The lowest BCUT2D eigenvalue weighted by Gasteiger charge is -2.50. The van der Waals surface area contributed by atoms with E-state index in [1.54, 1.807) is 6.07 Å². The molecule has 2 fully saturated rings. The highest BCUT2D eigenvalue weighted by Gasteiger charge is 2.39. The van der Waals surface area contributed by atoms with Crippen molar-refractivity contribution in [2.24, 2.45) is 0 Å². The van der Waals surface area contributed by atoms with Crippen LogP contribution < -0.4 is 15.5 Å². The summed E-state index contributed by atoms with van der Waals surface area (Å²) in [6, 6.07) is 10.8. The number of aromatic hydroxyl groups is 1. The number of para-hydroxylation sites is 1. The summed E-state index contributed by atoms with van der Waals surface area (Å²) in [5, 5.41) is 26.1. The summed E-state index contributed by atoms with van der Waals surface area (Å²) in [5.41, 5.74) is 2.54. The molecule has 4 heterocycles. The van der Waals surface area contributed by atoms with Gasteiger partial charge in [0, 0.05) is 37.3 Å². The zero-order valence-corrected chi connectivity index (χ0v) is 16.3. The number of hydrogen-bond acceptors (Lipinski definition) is 7. The molecule has 3 aliphatic heterocycles. The van der Waals surface area contributed by atoms with Crippen LogP contribution in [-0.2, 0) is 0 Å². The Hall–Kier alpha value is -2.38. The summed E-state index contributed by atoms with van der Waals surface area (Å²) < 4.78 is 0. The molecule has 1 aromatic carbocycles. The molecule has 1 aromatic heterocycles. The van der Waals surface area contributed by atoms with E-state index in [0.29, 0.717) is 23.8 Å². The zero-order valence-electron chi connectivity index (χ0n) is 16.3. The number of benzene rings is 1. The van der Waals surface area contributed by atoms with Crippen LogP contribution in [0.5, 0.6) is 5.75 Å². The highest BCUT2D eigenvalue weighted by molar-refractivity contribution is 5.76. The van der Waals surface area contributed by atoms with E-state index in [0.717, 1.165) is 49.8 Å². The zero-order chi connectivity index (χ0) is 19.1. The number of hydrogen-bond donors (Lipinski definition) is 3.